The van der Waals surface area contributed by atoms with Crippen LogP contribution in [0.4, 0.5) is 10.1 Å². The molecule has 0 saturated carbocycles. The first-order chi connectivity index (χ1) is 6.40. The van der Waals surface area contributed by atoms with Crippen molar-refractivity contribution in [2.24, 2.45) is 0 Å². The van der Waals surface area contributed by atoms with Gasteiger partial charge in [-0.2, -0.15) is 0 Å². The van der Waals surface area contributed by atoms with Crippen molar-refractivity contribution in [2.75, 3.05) is 5.73 Å². The van der Waals surface area contributed by atoms with E-state index >= 15 is 0 Å². The summed E-state index contributed by atoms with van der Waals surface area (Å²) in [6, 6.07) is 5.07. The number of hydrogen-bond acceptors (Lipinski definition) is 2. The summed E-state index contributed by atoms with van der Waals surface area (Å²) < 4.78 is 13.4. The van der Waals surface area contributed by atoms with Gasteiger partial charge in [0.15, 0.2) is 5.82 Å². The van der Waals surface area contributed by atoms with E-state index in [0.717, 1.165) is 0 Å². The monoisotopic (exact) mass is 196 g/mol. The average molecular weight is 196 g/mol. The van der Waals surface area contributed by atoms with Gasteiger partial charge >= 0.3 is 0 Å². The Bertz CT molecular complexity index is 316. The molecule has 0 aliphatic rings. The zero-order valence-corrected chi connectivity index (χ0v) is 8.89. The van der Waals surface area contributed by atoms with E-state index in [1.54, 1.807) is 18.2 Å². The second-order valence-corrected chi connectivity index (χ2v) is 4.42. The van der Waals surface area contributed by atoms with Gasteiger partial charge in [-0.05, 0) is 26.8 Å². The molecule has 14 heavy (non-hydrogen) atoms. The van der Waals surface area contributed by atoms with Gasteiger partial charge in [0.1, 0.15) is 0 Å². The first-order valence-corrected chi connectivity index (χ1v) is 4.68. The number of hydrogen-bond donors (Lipinski definition) is 2. The third-order valence-electron chi connectivity index (χ3n) is 1.92. The van der Waals surface area contributed by atoms with Gasteiger partial charge in [-0.1, -0.05) is 12.1 Å². The third kappa shape index (κ3) is 3.00. The predicted octanol–water partition coefficient (Wildman–Crippen LogP) is 2.30. The molecule has 0 spiro atoms. The summed E-state index contributed by atoms with van der Waals surface area (Å²) in [5.74, 6) is -0.316. The van der Waals surface area contributed by atoms with E-state index in [9.17, 15) is 4.39 Å². The Hall–Kier alpha value is -1.09. The highest BCUT2D eigenvalue weighted by molar-refractivity contribution is 5.42. The van der Waals surface area contributed by atoms with E-state index in [4.69, 9.17) is 5.73 Å². The minimum atomic E-state index is -0.316. The number of nitrogen functional groups attached to an aromatic ring is 1. The van der Waals surface area contributed by atoms with Gasteiger partial charge in [-0.15, -0.1) is 0 Å². The van der Waals surface area contributed by atoms with Crippen LogP contribution in [0.3, 0.4) is 0 Å². The summed E-state index contributed by atoms with van der Waals surface area (Å²) in [6.45, 7) is 6.62. The number of anilines is 1. The molecule has 78 valence electrons. The van der Waals surface area contributed by atoms with Crippen LogP contribution >= 0.6 is 0 Å². The zero-order valence-electron chi connectivity index (χ0n) is 8.89. The van der Waals surface area contributed by atoms with Crippen LogP contribution in [0, 0.1) is 5.82 Å². The minimum Gasteiger partial charge on any atom is -0.396 e. The molecule has 0 saturated heterocycles. The Morgan fingerprint density at radius 3 is 2.57 bits per heavy atom. The van der Waals surface area contributed by atoms with Gasteiger partial charge in [0.25, 0.3) is 0 Å². The van der Waals surface area contributed by atoms with Crippen molar-refractivity contribution in [1.29, 1.82) is 0 Å². The Morgan fingerprint density at radius 2 is 2.00 bits per heavy atom. The van der Waals surface area contributed by atoms with E-state index in [0.29, 0.717) is 12.1 Å². The smallest absolute Gasteiger partial charge is 0.150 e. The summed E-state index contributed by atoms with van der Waals surface area (Å²) in [4.78, 5) is 0. The van der Waals surface area contributed by atoms with Crippen molar-refractivity contribution in [1.82, 2.24) is 5.32 Å². The molecule has 0 fully saturated rings. The Kier molecular flexibility index (Phi) is 3.11. The quantitative estimate of drug-likeness (QED) is 0.712. The molecular formula is C11H17FN2. The summed E-state index contributed by atoms with van der Waals surface area (Å²) >= 11 is 0. The van der Waals surface area contributed by atoms with Crippen LogP contribution in [-0.4, -0.2) is 5.54 Å². The number of nitrogens with one attached hydrogen (secondary N) is 1. The van der Waals surface area contributed by atoms with E-state index < -0.39 is 0 Å². The molecule has 1 aromatic carbocycles. The normalized spacial score (nSPS) is 11.7. The van der Waals surface area contributed by atoms with Crippen LogP contribution in [0.1, 0.15) is 26.3 Å². The van der Waals surface area contributed by atoms with Gasteiger partial charge in [0.05, 0.1) is 5.69 Å². The molecule has 0 amide bonds. The standard InChI is InChI=1S/C11H17FN2/c1-11(2,3)14-7-8-5-4-6-9(13)10(8)12/h4-6,14H,7,13H2,1-3H3. The summed E-state index contributed by atoms with van der Waals surface area (Å²) in [5.41, 5.74) is 6.26. The fourth-order valence-electron chi connectivity index (χ4n) is 1.10. The lowest BCUT2D eigenvalue weighted by molar-refractivity contribution is 0.419. The van der Waals surface area contributed by atoms with Crippen LogP contribution in [-0.2, 0) is 6.54 Å². The lowest BCUT2D eigenvalue weighted by Gasteiger charge is -2.20. The van der Waals surface area contributed by atoms with Crippen LogP contribution < -0.4 is 11.1 Å². The van der Waals surface area contributed by atoms with Crippen LogP contribution in [0.2, 0.25) is 0 Å². The minimum absolute atomic E-state index is 0.0168. The van der Waals surface area contributed by atoms with Crippen molar-refractivity contribution in [3.63, 3.8) is 0 Å². The molecule has 3 heteroatoms. The number of nitrogens with two attached hydrogens (primary N) is 1. The molecule has 1 aromatic rings. The summed E-state index contributed by atoms with van der Waals surface area (Å²) in [7, 11) is 0. The summed E-state index contributed by atoms with van der Waals surface area (Å²) in [6.07, 6.45) is 0. The highest BCUT2D eigenvalue weighted by Crippen LogP contribution is 2.15. The second-order valence-electron chi connectivity index (χ2n) is 4.42. The van der Waals surface area contributed by atoms with Crippen molar-refractivity contribution >= 4 is 5.69 Å². The third-order valence-corrected chi connectivity index (χ3v) is 1.92. The SMILES string of the molecule is CC(C)(C)NCc1cccc(N)c1F. The van der Waals surface area contributed by atoms with Crippen molar-refractivity contribution in [3.05, 3.63) is 29.6 Å². The fourth-order valence-corrected chi connectivity index (χ4v) is 1.10. The highest BCUT2D eigenvalue weighted by atomic mass is 19.1. The molecule has 0 unspecified atom stereocenters. The molecule has 0 heterocycles. The molecule has 0 aliphatic carbocycles. The van der Waals surface area contributed by atoms with Crippen molar-refractivity contribution in [3.8, 4) is 0 Å². The molecule has 3 N–H and O–H groups in total. The van der Waals surface area contributed by atoms with E-state index in [-0.39, 0.29) is 17.0 Å². The topological polar surface area (TPSA) is 38.0 Å². The van der Waals surface area contributed by atoms with E-state index in [1.165, 1.54) is 0 Å². The van der Waals surface area contributed by atoms with Gasteiger partial charge in [0.2, 0.25) is 0 Å². The van der Waals surface area contributed by atoms with Crippen LogP contribution in [0.15, 0.2) is 18.2 Å². The second kappa shape index (κ2) is 3.96. The Balaban J connectivity index is 2.73. The number of halogens is 1. The van der Waals surface area contributed by atoms with Crippen molar-refractivity contribution < 1.29 is 4.39 Å². The van der Waals surface area contributed by atoms with Gasteiger partial charge < -0.3 is 11.1 Å². The lowest BCUT2D eigenvalue weighted by Crippen LogP contribution is -2.35. The molecule has 0 aromatic heterocycles. The number of benzene rings is 1. The summed E-state index contributed by atoms with van der Waals surface area (Å²) in [5, 5.41) is 3.21. The molecule has 1 rings (SSSR count). The van der Waals surface area contributed by atoms with E-state index in [2.05, 4.69) is 5.32 Å². The molecule has 0 aliphatic heterocycles. The molecule has 0 bridgehead atoms. The number of rotatable bonds is 2. The van der Waals surface area contributed by atoms with Crippen molar-refractivity contribution in [2.45, 2.75) is 32.9 Å². The van der Waals surface area contributed by atoms with Crippen LogP contribution in [0.5, 0.6) is 0 Å². The maximum Gasteiger partial charge on any atom is 0.150 e. The lowest BCUT2D eigenvalue weighted by atomic mass is 10.1. The Labute approximate surface area is 84.3 Å². The largest absolute Gasteiger partial charge is 0.396 e. The zero-order chi connectivity index (χ0) is 10.8. The van der Waals surface area contributed by atoms with Crippen LogP contribution in [0.25, 0.3) is 0 Å². The average Bonchev–Trinajstić information content (AvgIpc) is 2.06. The Morgan fingerprint density at radius 1 is 1.36 bits per heavy atom. The highest BCUT2D eigenvalue weighted by Gasteiger charge is 2.11. The van der Waals surface area contributed by atoms with Gasteiger partial charge in [-0.25, -0.2) is 4.39 Å². The maximum atomic E-state index is 13.4. The maximum absolute atomic E-state index is 13.4. The van der Waals surface area contributed by atoms with E-state index in [1.807, 2.05) is 20.8 Å². The first-order valence-electron chi connectivity index (χ1n) is 4.68. The predicted molar refractivity (Wildman–Crippen MR) is 57.4 cm³/mol. The van der Waals surface area contributed by atoms with Gasteiger partial charge in [-0.3, -0.25) is 0 Å². The molecule has 0 atom stereocenters. The molecule has 0 radical (unpaired) electrons. The van der Waals surface area contributed by atoms with Gasteiger partial charge in [0, 0.05) is 17.6 Å². The molecule has 2 nitrogen and oxygen atoms in total. The first kappa shape index (κ1) is 11.0. The fraction of sp³-hybridized carbons (Fsp3) is 0.455. The molecular weight excluding hydrogens is 179 g/mol.